The first-order valence-electron chi connectivity index (χ1n) is 21.0. The molecule has 5 nitrogen and oxygen atoms in total. The van der Waals surface area contributed by atoms with Crippen LogP contribution in [0.2, 0.25) is 0 Å². The van der Waals surface area contributed by atoms with Gasteiger partial charge in [0.15, 0.2) is 23.9 Å². The molecular weight excluding hydrogens is 699 g/mol. The summed E-state index contributed by atoms with van der Waals surface area (Å²) in [5.74, 6) is 1.81. The largest absolute Gasteiger partial charge is 0.704 e. The van der Waals surface area contributed by atoms with Crippen molar-refractivity contribution in [1.29, 1.82) is 0 Å². The topological polar surface area (TPSA) is 27.7 Å². The normalized spacial score (nSPS) is 20.1. The molecule has 0 bridgehead atoms. The van der Waals surface area contributed by atoms with Crippen LogP contribution in [0.15, 0.2) is 133 Å². The van der Waals surface area contributed by atoms with Gasteiger partial charge < -0.3 is 14.4 Å². The SMILES string of the molecule is CCCc1ccccc1-c1cc(C)c2c(c1)C=[N+]1C3CCCCC3[N+]3=Cc4cc(-c5ccccc5CCN(c5ccccc5)c5ccccc5)cc(C)c4OC13O2. The fourth-order valence-electron chi connectivity index (χ4n) is 9.99. The highest BCUT2D eigenvalue weighted by Gasteiger charge is 2.76. The molecule has 1 aliphatic carbocycles. The van der Waals surface area contributed by atoms with Crippen molar-refractivity contribution in [2.45, 2.75) is 83.8 Å². The van der Waals surface area contributed by atoms with Gasteiger partial charge in [0.1, 0.15) is 0 Å². The zero-order valence-corrected chi connectivity index (χ0v) is 33.3. The van der Waals surface area contributed by atoms with Gasteiger partial charge in [-0.1, -0.05) is 107 Å². The van der Waals surface area contributed by atoms with Gasteiger partial charge in [-0.25, -0.2) is 0 Å². The summed E-state index contributed by atoms with van der Waals surface area (Å²) in [6.07, 6.45) is 12.5. The van der Waals surface area contributed by atoms with Crippen molar-refractivity contribution >= 4 is 23.8 Å². The van der Waals surface area contributed by atoms with E-state index in [0.29, 0.717) is 12.1 Å². The minimum absolute atomic E-state index is 0.292. The van der Waals surface area contributed by atoms with Gasteiger partial charge in [0.25, 0.3) is 0 Å². The van der Waals surface area contributed by atoms with E-state index in [2.05, 4.69) is 181 Å². The molecule has 1 spiro atoms. The Labute approximate surface area is 337 Å². The second kappa shape index (κ2) is 14.5. The summed E-state index contributed by atoms with van der Waals surface area (Å²) in [5.41, 5.74) is 14.6. The number of benzene rings is 6. The van der Waals surface area contributed by atoms with Crippen LogP contribution in [0, 0.1) is 13.8 Å². The van der Waals surface area contributed by atoms with Gasteiger partial charge >= 0.3 is 6.03 Å². The van der Waals surface area contributed by atoms with Crippen molar-refractivity contribution in [2.75, 3.05) is 11.4 Å². The van der Waals surface area contributed by atoms with Crippen LogP contribution in [0.1, 0.15) is 72.4 Å². The first-order chi connectivity index (χ1) is 28.0. The monoisotopic (exact) mass is 749 g/mol. The molecule has 1 saturated carbocycles. The van der Waals surface area contributed by atoms with Crippen molar-refractivity contribution < 1.29 is 18.6 Å². The molecule has 57 heavy (non-hydrogen) atoms. The Bertz CT molecular complexity index is 2500. The van der Waals surface area contributed by atoms with Gasteiger partial charge in [-0.3, -0.25) is 0 Å². The second-order valence-corrected chi connectivity index (χ2v) is 16.3. The number of aryl methyl sites for hydroxylation is 3. The van der Waals surface area contributed by atoms with Gasteiger partial charge in [0.2, 0.25) is 12.1 Å². The lowest BCUT2D eigenvalue weighted by atomic mass is 9.90. The molecule has 6 aromatic carbocycles. The number of hydrogen-bond donors (Lipinski definition) is 0. The number of fused-ring (bicyclic) bond motifs is 5. The molecule has 2 fully saturated rings. The number of para-hydroxylation sites is 2. The predicted octanol–water partition coefficient (Wildman–Crippen LogP) is 11.3. The zero-order chi connectivity index (χ0) is 38.5. The van der Waals surface area contributed by atoms with E-state index < -0.39 is 6.03 Å². The molecule has 6 aromatic rings. The van der Waals surface area contributed by atoms with Gasteiger partial charge in [-0.2, -0.15) is 0 Å². The van der Waals surface area contributed by atoms with Crippen molar-refractivity contribution in [3.8, 4) is 33.8 Å². The van der Waals surface area contributed by atoms with Crippen LogP contribution in [0.3, 0.4) is 0 Å². The Morgan fingerprint density at radius 3 is 1.53 bits per heavy atom. The lowest BCUT2D eigenvalue weighted by Gasteiger charge is -2.29. The maximum Gasteiger partial charge on any atom is 0.704 e. The number of hydrogen-bond acceptors (Lipinski definition) is 3. The molecular formula is C52H51N3O2+2. The summed E-state index contributed by atoms with van der Waals surface area (Å²) in [7, 11) is 0. The Kier molecular flexibility index (Phi) is 9.04. The van der Waals surface area contributed by atoms with E-state index in [9.17, 15) is 0 Å². The minimum Gasteiger partial charge on any atom is -0.341 e. The smallest absolute Gasteiger partial charge is 0.341 e. The molecule has 3 unspecified atom stereocenters. The lowest BCUT2D eigenvalue weighted by molar-refractivity contribution is -0.866. The van der Waals surface area contributed by atoms with Gasteiger partial charge in [-0.05, 0) is 133 Å². The predicted molar refractivity (Wildman–Crippen MR) is 232 cm³/mol. The molecule has 0 N–H and O–H groups in total. The summed E-state index contributed by atoms with van der Waals surface area (Å²) >= 11 is 0. The molecule has 3 aliphatic heterocycles. The fraction of sp³-hybridized carbons (Fsp3) is 0.269. The van der Waals surface area contributed by atoms with E-state index in [-0.39, 0.29) is 0 Å². The Morgan fingerprint density at radius 1 is 0.579 bits per heavy atom. The van der Waals surface area contributed by atoms with E-state index >= 15 is 0 Å². The molecule has 3 heterocycles. The highest BCUT2D eigenvalue weighted by molar-refractivity contribution is 5.88. The average molecular weight is 750 g/mol. The Hall–Kier alpha value is -5.94. The lowest BCUT2D eigenvalue weighted by Crippen LogP contribution is -2.60. The van der Waals surface area contributed by atoms with Crippen molar-refractivity contribution in [2.24, 2.45) is 0 Å². The van der Waals surface area contributed by atoms with E-state index in [0.717, 1.165) is 72.4 Å². The van der Waals surface area contributed by atoms with Crippen LogP contribution in [0.25, 0.3) is 22.3 Å². The van der Waals surface area contributed by atoms with Crippen molar-refractivity contribution in [1.82, 2.24) is 0 Å². The fourth-order valence-corrected chi connectivity index (χ4v) is 9.99. The van der Waals surface area contributed by atoms with Crippen molar-refractivity contribution in [3.05, 3.63) is 167 Å². The third kappa shape index (κ3) is 6.16. The summed E-state index contributed by atoms with van der Waals surface area (Å²) < 4.78 is 19.4. The van der Waals surface area contributed by atoms with E-state index in [4.69, 9.17) is 9.47 Å². The molecule has 4 aliphatic rings. The third-order valence-electron chi connectivity index (χ3n) is 12.6. The van der Waals surface area contributed by atoms with Crippen LogP contribution < -0.4 is 14.4 Å². The summed E-state index contributed by atoms with van der Waals surface area (Å²) in [4.78, 5) is 2.42. The average Bonchev–Trinajstić information content (AvgIpc) is 3.52. The molecule has 284 valence electrons. The maximum atomic E-state index is 7.31. The van der Waals surface area contributed by atoms with Crippen LogP contribution in [0.4, 0.5) is 11.4 Å². The maximum absolute atomic E-state index is 7.31. The molecule has 0 amide bonds. The first-order valence-corrected chi connectivity index (χ1v) is 21.0. The van der Waals surface area contributed by atoms with Crippen LogP contribution in [-0.4, -0.2) is 46.2 Å². The molecule has 10 rings (SSSR count). The summed E-state index contributed by atoms with van der Waals surface area (Å²) in [5, 5.41) is 0. The van der Waals surface area contributed by atoms with Gasteiger partial charge in [0.05, 0.1) is 11.1 Å². The van der Waals surface area contributed by atoms with Crippen LogP contribution in [-0.2, 0) is 12.8 Å². The quantitative estimate of drug-likeness (QED) is 0.138. The number of nitrogens with zero attached hydrogens (tertiary/aromatic N) is 3. The van der Waals surface area contributed by atoms with Crippen LogP contribution in [0.5, 0.6) is 11.5 Å². The Morgan fingerprint density at radius 2 is 1.04 bits per heavy atom. The highest BCUT2D eigenvalue weighted by Crippen LogP contribution is 2.47. The third-order valence-corrected chi connectivity index (χ3v) is 12.6. The first kappa shape index (κ1) is 35.5. The minimum atomic E-state index is -1.06. The number of rotatable bonds is 9. The number of ether oxygens (including phenoxy) is 2. The molecule has 0 radical (unpaired) electrons. The summed E-state index contributed by atoms with van der Waals surface area (Å²) in [6, 6.07) is 48.0. The summed E-state index contributed by atoms with van der Waals surface area (Å²) in [6.45, 7) is 7.49. The van der Waals surface area contributed by atoms with Gasteiger partial charge in [-0.15, -0.1) is 0 Å². The van der Waals surface area contributed by atoms with Crippen LogP contribution >= 0.6 is 0 Å². The molecule has 0 aromatic heterocycles. The van der Waals surface area contributed by atoms with E-state index in [1.807, 2.05) is 0 Å². The van der Waals surface area contributed by atoms with Gasteiger partial charge in [0, 0.05) is 30.8 Å². The van der Waals surface area contributed by atoms with E-state index in [1.54, 1.807) is 0 Å². The van der Waals surface area contributed by atoms with E-state index in [1.165, 1.54) is 57.6 Å². The zero-order valence-electron chi connectivity index (χ0n) is 33.3. The standard InChI is InChI=1S/C52H51N3O2/c1-4-17-38-18-11-13-24-46(38)40-30-36(2)50-42(32-40)34-54-48-26-15-16-27-49(48)55-35-43-33-41(31-37(3)51(43)57-52(54,55)56-50)47-25-14-12-19-39(47)28-29-53(44-20-7-5-8-21-44)45-22-9-6-10-23-45/h5-14,18-25,30-35,48-49H,4,15-17,26-29H2,1-3H3/q+2. The highest BCUT2D eigenvalue weighted by atomic mass is 16.7. The van der Waals surface area contributed by atoms with Crippen molar-refractivity contribution in [3.63, 3.8) is 0 Å². The second-order valence-electron chi connectivity index (χ2n) is 16.3. The number of anilines is 2. The molecule has 3 atom stereocenters. The molecule has 1 saturated heterocycles. The Balaban J connectivity index is 1.02. The molecule has 5 heteroatoms.